The fraction of sp³-hybridized carbons (Fsp3) is 0.692. The third kappa shape index (κ3) is 3.56. The zero-order chi connectivity index (χ0) is 11.9. The molecule has 2 unspecified atom stereocenters. The lowest BCUT2D eigenvalue weighted by Gasteiger charge is -2.31. The first-order valence-electron chi connectivity index (χ1n) is 6.25. The summed E-state index contributed by atoms with van der Waals surface area (Å²) in [7, 11) is 1.72. The van der Waals surface area contributed by atoms with Gasteiger partial charge < -0.3 is 19.2 Å². The average molecular weight is 239 g/mol. The van der Waals surface area contributed by atoms with Crippen LogP contribution >= 0.6 is 0 Å². The fourth-order valence-corrected chi connectivity index (χ4v) is 2.32. The first-order valence-corrected chi connectivity index (χ1v) is 6.25. The van der Waals surface area contributed by atoms with Crippen LogP contribution in [0.4, 0.5) is 0 Å². The molecule has 2 atom stereocenters. The highest BCUT2D eigenvalue weighted by Crippen LogP contribution is 2.33. The van der Waals surface area contributed by atoms with Crippen molar-refractivity contribution in [3.8, 4) is 0 Å². The number of nitrogens with one attached hydrogen (secondary N) is 1. The van der Waals surface area contributed by atoms with E-state index in [4.69, 9.17) is 13.9 Å². The summed E-state index contributed by atoms with van der Waals surface area (Å²) < 4.78 is 16.0. The molecule has 0 bridgehead atoms. The summed E-state index contributed by atoms with van der Waals surface area (Å²) in [5.41, 5.74) is 1.16. The Hall–Kier alpha value is -0.840. The van der Waals surface area contributed by atoms with Crippen molar-refractivity contribution >= 4 is 0 Å². The van der Waals surface area contributed by atoms with Crippen LogP contribution in [0.25, 0.3) is 0 Å². The molecule has 0 amide bonds. The maximum atomic E-state index is 5.86. The van der Waals surface area contributed by atoms with Gasteiger partial charge >= 0.3 is 0 Å². The molecule has 96 valence electrons. The van der Waals surface area contributed by atoms with Gasteiger partial charge in [0.25, 0.3) is 0 Å². The smallest absolute Gasteiger partial charge is 0.0960 e. The van der Waals surface area contributed by atoms with Gasteiger partial charge in [0.05, 0.1) is 25.2 Å². The first-order chi connectivity index (χ1) is 8.42. The van der Waals surface area contributed by atoms with Gasteiger partial charge in [-0.3, -0.25) is 0 Å². The maximum absolute atomic E-state index is 5.86. The summed E-state index contributed by atoms with van der Waals surface area (Å²) >= 11 is 0. The van der Waals surface area contributed by atoms with E-state index in [-0.39, 0.29) is 6.10 Å². The lowest BCUT2D eigenvalue weighted by atomic mass is 9.90. The molecule has 17 heavy (non-hydrogen) atoms. The molecule has 4 heteroatoms. The second-order valence-electron chi connectivity index (χ2n) is 4.45. The van der Waals surface area contributed by atoms with Gasteiger partial charge in [-0.05, 0) is 18.9 Å². The van der Waals surface area contributed by atoms with E-state index >= 15 is 0 Å². The van der Waals surface area contributed by atoms with Crippen molar-refractivity contribution in [1.29, 1.82) is 0 Å². The van der Waals surface area contributed by atoms with Gasteiger partial charge in [0.2, 0.25) is 0 Å². The molecule has 1 saturated heterocycles. The minimum atomic E-state index is 0.178. The van der Waals surface area contributed by atoms with Crippen molar-refractivity contribution < 1.29 is 13.9 Å². The summed E-state index contributed by atoms with van der Waals surface area (Å²) in [5.74, 6) is 0.526. The van der Waals surface area contributed by atoms with Crippen LogP contribution in [-0.2, 0) is 9.47 Å². The summed E-state index contributed by atoms with van der Waals surface area (Å²) in [6.07, 6.45) is 6.03. The Morgan fingerprint density at radius 1 is 1.53 bits per heavy atom. The van der Waals surface area contributed by atoms with E-state index in [1.807, 2.05) is 6.07 Å². The Morgan fingerprint density at radius 3 is 3.24 bits per heavy atom. The molecule has 2 rings (SSSR count). The lowest BCUT2D eigenvalue weighted by molar-refractivity contribution is -0.0283. The van der Waals surface area contributed by atoms with E-state index in [9.17, 15) is 0 Å². The van der Waals surface area contributed by atoms with Crippen LogP contribution in [0, 0.1) is 5.92 Å². The SMILES string of the molecule is COCCNCC1CCCOC1c1ccoc1. The molecule has 1 aromatic rings. The molecule has 0 saturated carbocycles. The third-order valence-corrected chi connectivity index (χ3v) is 3.21. The van der Waals surface area contributed by atoms with E-state index in [1.54, 1.807) is 19.6 Å². The number of ether oxygens (including phenoxy) is 2. The number of furan rings is 1. The largest absolute Gasteiger partial charge is 0.472 e. The Kier molecular flexibility index (Phi) is 5.04. The van der Waals surface area contributed by atoms with Gasteiger partial charge in [0.15, 0.2) is 0 Å². The molecule has 0 spiro atoms. The summed E-state index contributed by atoms with van der Waals surface area (Å²) in [4.78, 5) is 0. The fourth-order valence-electron chi connectivity index (χ4n) is 2.32. The highest BCUT2D eigenvalue weighted by atomic mass is 16.5. The molecule has 1 aliphatic heterocycles. The Labute approximate surface area is 102 Å². The van der Waals surface area contributed by atoms with Crippen LogP contribution in [0.3, 0.4) is 0 Å². The van der Waals surface area contributed by atoms with Crippen molar-refractivity contribution in [2.45, 2.75) is 18.9 Å². The lowest BCUT2D eigenvalue weighted by Crippen LogP contribution is -2.33. The molecule has 1 aromatic heterocycles. The van der Waals surface area contributed by atoms with Crippen LogP contribution < -0.4 is 5.32 Å². The maximum Gasteiger partial charge on any atom is 0.0960 e. The van der Waals surface area contributed by atoms with Crippen molar-refractivity contribution in [2.24, 2.45) is 5.92 Å². The standard InChI is InChI=1S/C13H21NO3/c1-15-8-5-14-9-11-3-2-6-17-13(11)12-4-7-16-10-12/h4,7,10-11,13-14H,2-3,5-6,8-9H2,1H3. The predicted octanol–water partition coefficient (Wildman–Crippen LogP) is 1.98. The Morgan fingerprint density at radius 2 is 2.47 bits per heavy atom. The minimum absolute atomic E-state index is 0.178. The number of rotatable bonds is 6. The topological polar surface area (TPSA) is 43.6 Å². The molecule has 0 radical (unpaired) electrons. The summed E-state index contributed by atoms with van der Waals surface area (Å²) in [6, 6.07) is 2.00. The Balaban J connectivity index is 1.84. The van der Waals surface area contributed by atoms with Crippen LogP contribution in [0.1, 0.15) is 24.5 Å². The molecular weight excluding hydrogens is 218 g/mol. The average Bonchev–Trinajstić information content (AvgIpc) is 2.89. The predicted molar refractivity (Wildman–Crippen MR) is 64.9 cm³/mol. The molecular formula is C13H21NO3. The summed E-state index contributed by atoms with van der Waals surface area (Å²) in [6.45, 7) is 3.47. The summed E-state index contributed by atoms with van der Waals surface area (Å²) in [5, 5.41) is 3.41. The quantitative estimate of drug-likeness (QED) is 0.771. The van der Waals surface area contributed by atoms with Crippen molar-refractivity contribution in [1.82, 2.24) is 5.32 Å². The van der Waals surface area contributed by atoms with Crippen LogP contribution in [0.2, 0.25) is 0 Å². The highest BCUT2D eigenvalue weighted by molar-refractivity contribution is 5.11. The monoisotopic (exact) mass is 239 g/mol. The van der Waals surface area contributed by atoms with Gasteiger partial charge in [-0.1, -0.05) is 0 Å². The van der Waals surface area contributed by atoms with Crippen LogP contribution in [0.5, 0.6) is 0 Å². The second-order valence-corrected chi connectivity index (χ2v) is 4.45. The highest BCUT2D eigenvalue weighted by Gasteiger charge is 2.27. The first kappa shape index (κ1) is 12.6. The third-order valence-electron chi connectivity index (χ3n) is 3.21. The van der Waals surface area contributed by atoms with Gasteiger partial charge in [0, 0.05) is 38.3 Å². The van der Waals surface area contributed by atoms with Crippen molar-refractivity contribution in [3.05, 3.63) is 24.2 Å². The Bertz CT molecular complexity index is 300. The molecule has 4 nitrogen and oxygen atoms in total. The molecule has 0 aromatic carbocycles. The van der Waals surface area contributed by atoms with Crippen LogP contribution in [-0.4, -0.2) is 33.4 Å². The number of hydrogen-bond acceptors (Lipinski definition) is 4. The molecule has 1 fully saturated rings. The van der Waals surface area contributed by atoms with Gasteiger partial charge in [-0.2, -0.15) is 0 Å². The molecule has 2 heterocycles. The van der Waals surface area contributed by atoms with Crippen LogP contribution in [0.15, 0.2) is 23.0 Å². The second kappa shape index (κ2) is 6.79. The molecule has 1 aliphatic rings. The number of hydrogen-bond donors (Lipinski definition) is 1. The number of methoxy groups -OCH3 is 1. The van der Waals surface area contributed by atoms with Gasteiger partial charge in [0.1, 0.15) is 0 Å². The van der Waals surface area contributed by atoms with Crippen molar-refractivity contribution in [2.75, 3.05) is 33.4 Å². The normalized spacial score (nSPS) is 25.0. The zero-order valence-corrected chi connectivity index (χ0v) is 10.4. The van der Waals surface area contributed by atoms with Crippen molar-refractivity contribution in [3.63, 3.8) is 0 Å². The van der Waals surface area contributed by atoms with E-state index < -0.39 is 0 Å². The zero-order valence-electron chi connectivity index (χ0n) is 10.4. The van der Waals surface area contributed by atoms with E-state index in [2.05, 4.69) is 5.32 Å². The molecule has 0 aliphatic carbocycles. The van der Waals surface area contributed by atoms with E-state index in [0.717, 1.165) is 38.3 Å². The molecule has 1 N–H and O–H groups in total. The van der Waals surface area contributed by atoms with E-state index in [0.29, 0.717) is 5.92 Å². The van der Waals surface area contributed by atoms with E-state index in [1.165, 1.54) is 6.42 Å². The minimum Gasteiger partial charge on any atom is -0.472 e. The van der Waals surface area contributed by atoms with Gasteiger partial charge in [-0.25, -0.2) is 0 Å². The van der Waals surface area contributed by atoms with Gasteiger partial charge in [-0.15, -0.1) is 0 Å².